The van der Waals surface area contributed by atoms with Crippen molar-refractivity contribution < 1.29 is 41.0 Å². The van der Waals surface area contributed by atoms with Crippen molar-refractivity contribution in [3.63, 3.8) is 0 Å². The van der Waals surface area contributed by atoms with Crippen LogP contribution in [0.15, 0.2) is 53.3 Å². The highest BCUT2D eigenvalue weighted by Crippen LogP contribution is 2.33. The highest BCUT2D eigenvalue weighted by Gasteiger charge is 2.41. The van der Waals surface area contributed by atoms with Crippen LogP contribution in [0.25, 0.3) is 11.4 Å². The SMILES string of the molecule is CCC(NC(=O)Cn1nc(-c2ccc(Cl)cc2)n(C[C@H](O)C(F)(F)F)c1=O)(C(N)=O)c1cccc(C(F)(F)F)c1. The first kappa shape index (κ1) is 30.7. The van der Waals surface area contributed by atoms with Gasteiger partial charge in [-0.25, -0.2) is 9.48 Å². The van der Waals surface area contributed by atoms with E-state index in [1.54, 1.807) is 0 Å². The Labute approximate surface area is 227 Å². The predicted molar refractivity (Wildman–Crippen MR) is 130 cm³/mol. The van der Waals surface area contributed by atoms with Gasteiger partial charge in [-0.1, -0.05) is 30.7 Å². The van der Waals surface area contributed by atoms with E-state index in [1.807, 2.05) is 0 Å². The summed E-state index contributed by atoms with van der Waals surface area (Å²) in [5.41, 5.74) is 0.879. The van der Waals surface area contributed by atoms with Gasteiger partial charge in [-0.05, 0) is 48.4 Å². The smallest absolute Gasteiger partial charge is 0.382 e. The highest BCUT2D eigenvalue weighted by atomic mass is 35.5. The molecule has 40 heavy (non-hydrogen) atoms. The number of rotatable bonds is 9. The number of amides is 2. The lowest BCUT2D eigenvalue weighted by Gasteiger charge is -2.31. The molecule has 2 aromatic carbocycles. The van der Waals surface area contributed by atoms with E-state index in [0.717, 1.165) is 18.2 Å². The first-order chi connectivity index (χ1) is 18.5. The lowest BCUT2D eigenvalue weighted by atomic mass is 9.85. The maximum Gasteiger partial charge on any atom is 0.416 e. The molecule has 2 atom stereocenters. The van der Waals surface area contributed by atoms with E-state index >= 15 is 0 Å². The van der Waals surface area contributed by atoms with Crippen molar-refractivity contribution in [3.05, 3.63) is 75.2 Å². The molecule has 0 spiro atoms. The average Bonchev–Trinajstić information content (AvgIpc) is 3.16. The van der Waals surface area contributed by atoms with Gasteiger partial charge in [0.2, 0.25) is 11.8 Å². The standard InChI is InChI=1S/C24H22ClF6N5O4/c1-2-22(20(32)39,14-4-3-5-15(10-14)23(26,27)28)33-18(38)12-36-21(40)35(11-17(37)24(29,30)31)19(34-36)13-6-8-16(25)9-7-13/h3-10,17,37H,2,11-12H2,1H3,(H2,32,39)(H,33,38)/t17-,22?/m0/s1. The zero-order valence-electron chi connectivity index (χ0n) is 20.6. The Kier molecular flexibility index (Phi) is 8.69. The molecule has 3 aromatic rings. The zero-order chi connectivity index (χ0) is 30.0. The summed E-state index contributed by atoms with van der Waals surface area (Å²) in [7, 11) is 0. The monoisotopic (exact) mass is 593 g/mol. The number of primary amides is 1. The van der Waals surface area contributed by atoms with Crippen LogP contribution in [0.2, 0.25) is 5.02 Å². The molecular formula is C24H22ClF6N5O4. The van der Waals surface area contributed by atoms with E-state index in [0.29, 0.717) is 15.3 Å². The molecule has 1 heterocycles. The number of carbonyl (C=O) groups is 2. The first-order valence-electron chi connectivity index (χ1n) is 11.5. The Hall–Kier alpha value is -3.85. The molecule has 0 saturated heterocycles. The summed E-state index contributed by atoms with van der Waals surface area (Å²) in [6.45, 7) is -0.835. The normalized spacial score (nSPS) is 14.4. The van der Waals surface area contributed by atoms with Gasteiger partial charge in [-0.15, -0.1) is 5.10 Å². The number of aromatic nitrogens is 3. The molecule has 0 radical (unpaired) electrons. The molecule has 4 N–H and O–H groups in total. The molecule has 1 unspecified atom stereocenters. The van der Waals surface area contributed by atoms with E-state index in [4.69, 9.17) is 17.3 Å². The lowest BCUT2D eigenvalue weighted by Crippen LogP contribution is -2.55. The highest BCUT2D eigenvalue weighted by molar-refractivity contribution is 6.30. The first-order valence-corrected chi connectivity index (χ1v) is 11.8. The number of aliphatic hydroxyl groups is 1. The van der Waals surface area contributed by atoms with E-state index in [-0.39, 0.29) is 28.4 Å². The molecule has 216 valence electrons. The number of nitrogens with zero attached hydrogens (tertiary/aromatic N) is 3. The second-order valence-corrected chi connectivity index (χ2v) is 9.13. The molecule has 2 amide bonds. The molecule has 0 bridgehead atoms. The van der Waals surface area contributed by atoms with Crippen molar-refractivity contribution in [2.45, 2.75) is 50.4 Å². The molecule has 1 aromatic heterocycles. The molecule has 0 fully saturated rings. The van der Waals surface area contributed by atoms with Crippen LogP contribution in [0.3, 0.4) is 0 Å². The van der Waals surface area contributed by atoms with Crippen molar-refractivity contribution in [2.24, 2.45) is 5.73 Å². The minimum Gasteiger partial charge on any atom is -0.382 e. The van der Waals surface area contributed by atoms with Crippen LogP contribution in [0.1, 0.15) is 24.5 Å². The largest absolute Gasteiger partial charge is 0.416 e. The average molecular weight is 594 g/mol. The van der Waals surface area contributed by atoms with Crippen LogP contribution in [-0.2, 0) is 34.4 Å². The van der Waals surface area contributed by atoms with Crippen molar-refractivity contribution >= 4 is 23.4 Å². The Morgan fingerprint density at radius 2 is 1.68 bits per heavy atom. The molecular weight excluding hydrogens is 572 g/mol. The Bertz CT molecular complexity index is 1450. The zero-order valence-corrected chi connectivity index (χ0v) is 21.3. The quantitative estimate of drug-likeness (QED) is 0.328. The van der Waals surface area contributed by atoms with E-state index in [1.165, 1.54) is 31.2 Å². The minimum absolute atomic E-state index is 0.124. The van der Waals surface area contributed by atoms with Gasteiger partial charge in [0.05, 0.1) is 12.1 Å². The summed E-state index contributed by atoms with van der Waals surface area (Å²) in [5.74, 6) is -2.65. The van der Waals surface area contributed by atoms with E-state index in [9.17, 15) is 45.8 Å². The number of halogens is 7. The van der Waals surface area contributed by atoms with Crippen molar-refractivity contribution in [3.8, 4) is 11.4 Å². The van der Waals surface area contributed by atoms with E-state index in [2.05, 4.69) is 10.4 Å². The number of hydrogen-bond acceptors (Lipinski definition) is 5. The summed E-state index contributed by atoms with van der Waals surface area (Å²) < 4.78 is 79.9. The van der Waals surface area contributed by atoms with Gasteiger partial charge in [0, 0.05) is 10.6 Å². The fraction of sp³-hybridized carbons (Fsp3) is 0.333. The maximum absolute atomic E-state index is 13.3. The van der Waals surface area contributed by atoms with Crippen molar-refractivity contribution in [1.29, 1.82) is 0 Å². The van der Waals surface area contributed by atoms with Gasteiger partial charge >= 0.3 is 18.0 Å². The number of nitrogens with two attached hydrogens (primary N) is 1. The molecule has 0 saturated carbocycles. The van der Waals surface area contributed by atoms with Gasteiger partial charge in [0.1, 0.15) is 12.1 Å². The maximum atomic E-state index is 13.3. The third-order valence-corrected chi connectivity index (χ3v) is 6.29. The molecule has 16 heteroatoms. The third kappa shape index (κ3) is 6.47. The van der Waals surface area contributed by atoms with E-state index < -0.39 is 60.2 Å². The third-order valence-electron chi connectivity index (χ3n) is 6.04. The summed E-state index contributed by atoms with van der Waals surface area (Å²) in [5, 5.41) is 16.0. The summed E-state index contributed by atoms with van der Waals surface area (Å²) >= 11 is 5.84. The fourth-order valence-electron chi connectivity index (χ4n) is 3.91. The molecule has 0 aliphatic carbocycles. The van der Waals surface area contributed by atoms with Crippen LogP contribution >= 0.6 is 11.6 Å². The molecule has 0 aliphatic heterocycles. The Morgan fingerprint density at radius 3 is 2.20 bits per heavy atom. The number of carbonyl (C=O) groups excluding carboxylic acids is 2. The van der Waals surface area contributed by atoms with Gasteiger partial charge in [-0.2, -0.15) is 26.3 Å². The van der Waals surface area contributed by atoms with Crippen LogP contribution in [-0.4, -0.2) is 43.5 Å². The van der Waals surface area contributed by atoms with Crippen molar-refractivity contribution in [2.75, 3.05) is 0 Å². The predicted octanol–water partition coefficient (Wildman–Crippen LogP) is 3.21. The van der Waals surface area contributed by atoms with Crippen LogP contribution in [0.4, 0.5) is 26.3 Å². The molecule has 9 nitrogen and oxygen atoms in total. The Morgan fingerprint density at radius 1 is 1.07 bits per heavy atom. The lowest BCUT2D eigenvalue weighted by molar-refractivity contribution is -0.207. The van der Waals surface area contributed by atoms with Gasteiger partial charge in [0.15, 0.2) is 11.9 Å². The number of nitrogens with one attached hydrogen (secondary N) is 1. The van der Waals surface area contributed by atoms with Gasteiger partial charge in [0.25, 0.3) is 0 Å². The second-order valence-electron chi connectivity index (χ2n) is 8.69. The van der Waals surface area contributed by atoms with Crippen LogP contribution in [0, 0.1) is 0 Å². The van der Waals surface area contributed by atoms with Gasteiger partial charge < -0.3 is 16.2 Å². The number of alkyl halides is 6. The fourth-order valence-corrected chi connectivity index (χ4v) is 4.04. The van der Waals surface area contributed by atoms with Crippen molar-refractivity contribution in [1.82, 2.24) is 19.7 Å². The van der Waals surface area contributed by atoms with Gasteiger partial charge in [-0.3, -0.25) is 14.2 Å². The number of benzene rings is 2. The molecule has 0 aliphatic rings. The Balaban J connectivity index is 2.01. The minimum atomic E-state index is -5.08. The number of aliphatic hydroxyl groups excluding tert-OH is 1. The summed E-state index contributed by atoms with van der Waals surface area (Å²) in [6, 6.07) is 9.00. The molecule has 3 rings (SSSR count). The summed E-state index contributed by atoms with van der Waals surface area (Å²) in [6.07, 6.45) is -13.1. The topological polar surface area (TPSA) is 132 Å². The number of hydrogen-bond donors (Lipinski definition) is 3. The second kappa shape index (κ2) is 11.3. The van der Waals surface area contributed by atoms with Crippen LogP contribution in [0.5, 0.6) is 0 Å². The summed E-state index contributed by atoms with van der Waals surface area (Å²) in [4.78, 5) is 38.4. The van der Waals surface area contributed by atoms with Crippen LogP contribution < -0.4 is 16.7 Å².